The van der Waals surface area contributed by atoms with E-state index in [0.717, 1.165) is 31.9 Å². The molecule has 1 aliphatic rings. The van der Waals surface area contributed by atoms with Gasteiger partial charge in [0.15, 0.2) is 5.82 Å². The molecule has 23 heavy (non-hydrogen) atoms. The number of carbonyl (C=O) groups is 1. The van der Waals surface area contributed by atoms with Crippen LogP contribution in [0.4, 0.5) is 11.4 Å². The third-order valence-electron chi connectivity index (χ3n) is 4.05. The average molecular weight is 315 g/mol. The fourth-order valence-corrected chi connectivity index (χ4v) is 2.57. The first kappa shape index (κ1) is 15.4. The zero-order valence-electron chi connectivity index (χ0n) is 13.4. The molecule has 0 spiro atoms. The topological polar surface area (TPSA) is 79.2 Å². The SMILES string of the molecule is CN1CCN(c2ccc(NC(=O)Cc3nnnn3C)cc2)CC1. The minimum absolute atomic E-state index is 0.129. The number of carbonyl (C=O) groups excluding carboxylic acids is 1. The van der Waals surface area contributed by atoms with E-state index in [9.17, 15) is 4.79 Å². The van der Waals surface area contributed by atoms with Crippen LogP contribution in [0.3, 0.4) is 0 Å². The van der Waals surface area contributed by atoms with Crippen molar-refractivity contribution in [1.29, 1.82) is 0 Å². The van der Waals surface area contributed by atoms with Gasteiger partial charge in [-0.25, -0.2) is 4.68 Å². The molecule has 1 fully saturated rings. The van der Waals surface area contributed by atoms with Crippen molar-refractivity contribution in [2.45, 2.75) is 6.42 Å². The Balaban J connectivity index is 1.57. The molecule has 0 bridgehead atoms. The fourth-order valence-electron chi connectivity index (χ4n) is 2.57. The van der Waals surface area contributed by atoms with E-state index >= 15 is 0 Å². The standard InChI is InChI=1S/C15H21N7O/c1-20-7-9-22(10-8-20)13-5-3-12(4-6-13)16-15(23)11-14-17-18-19-21(14)2/h3-6H,7-11H2,1-2H3,(H,16,23). The van der Waals surface area contributed by atoms with Crippen LogP contribution in [0.2, 0.25) is 0 Å². The predicted molar refractivity (Wildman–Crippen MR) is 87.3 cm³/mol. The molecule has 1 N–H and O–H groups in total. The number of tetrazole rings is 1. The molecule has 1 amide bonds. The number of aromatic nitrogens is 4. The van der Waals surface area contributed by atoms with Crippen molar-refractivity contribution in [3.63, 3.8) is 0 Å². The lowest BCUT2D eigenvalue weighted by Gasteiger charge is -2.34. The molecule has 0 radical (unpaired) electrons. The van der Waals surface area contributed by atoms with E-state index in [1.54, 1.807) is 7.05 Å². The predicted octanol–water partition coefficient (Wildman–Crippen LogP) is 0.143. The first-order valence-electron chi connectivity index (χ1n) is 7.66. The van der Waals surface area contributed by atoms with Crippen LogP contribution >= 0.6 is 0 Å². The van der Waals surface area contributed by atoms with Gasteiger partial charge in [-0.1, -0.05) is 0 Å². The smallest absolute Gasteiger partial charge is 0.232 e. The van der Waals surface area contributed by atoms with Gasteiger partial charge in [-0.15, -0.1) is 5.10 Å². The number of rotatable bonds is 4. The highest BCUT2D eigenvalue weighted by Crippen LogP contribution is 2.19. The second-order valence-electron chi connectivity index (χ2n) is 5.78. The second kappa shape index (κ2) is 6.74. The first-order valence-corrected chi connectivity index (χ1v) is 7.66. The van der Waals surface area contributed by atoms with E-state index in [1.807, 2.05) is 24.3 Å². The summed E-state index contributed by atoms with van der Waals surface area (Å²) in [5.74, 6) is 0.409. The quantitative estimate of drug-likeness (QED) is 0.865. The molecule has 1 aromatic heterocycles. The van der Waals surface area contributed by atoms with Gasteiger partial charge in [0.05, 0.1) is 6.42 Å². The van der Waals surface area contributed by atoms with Gasteiger partial charge in [0.2, 0.25) is 5.91 Å². The van der Waals surface area contributed by atoms with Crippen molar-refractivity contribution in [2.75, 3.05) is 43.4 Å². The highest BCUT2D eigenvalue weighted by Gasteiger charge is 2.14. The number of aryl methyl sites for hydroxylation is 1. The Morgan fingerprint density at radius 2 is 1.83 bits per heavy atom. The normalized spacial score (nSPS) is 15.7. The lowest BCUT2D eigenvalue weighted by Crippen LogP contribution is -2.44. The maximum Gasteiger partial charge on any atom is 0.232 e. The van der Waals surface area contributed by atoms with E-state index in [1.165, 1.54) is 10.4 Å². The molecular formula is C15H21N7O. The minimum atomic E-state index is -0.129. The number of nitrogens with zero attached hydrogens (tertiary/aromatic N) is 6. The Kier molecular flexibility index (Phi) is 4.52. The van der Waals surface area contributed by atoms with E-state index in [2.05, 4.69) is 37.7 Å². The average Bonchev–Trinajstić information content (AvgIpc) is 2.94. The van der Waals surface area contributed by atoms with Gasteiger partial charge in [0.25, 0.3) is 0 Å². The number of hydrogen-bond donors (Lipinski definition) is 1. The van der Waals surface area contributed by atoms with Crippen LogP contribution < -0.4 is 10.2 Å². The Bertz CT molecular complexity index is 659. The maximum atomic E-state index is 12.0. The molecule has 0 saturated carbocycles. The van der Waals surface area contributed by atoms with E-state index < -0.39 is 0 Å². The summed E-state index contributed by atoms with van der Waals surface area (Å²) in [5, 5.41) is 13.9. The zero-order valence-corrected chi connectivity index (χ0v) is 13.4. The third kappa shape index (κ3) is 3.84. The number of amides is 1. The van der Waals surface area contributed by atoms with Crippen LogP contribution in [0.15, 0.2) is 24.3 Å². The molecule has 0 aliphatic carbocycles. The number of benzene rings is 1. The molecule has 3 rings (SSSR count). The van der Waals surface area contributed by atoms with Gasteiger partial charge in [0, 0.05) is 44.6 Å². The van der Waals surface area contributed by atoms with Crippen molar-refractivity contribution < 1.29 is 4.79 Å². The third-order valence-corrected chi connectivity index (χ3v) is 4.05. The summed E-state index contributed by atoms with van der Waals surface area (Å²) < 4.78 is 1.50. The van der Waals surface area contributed by atoms with Crippen LogP contribution in [-0.4, -0.2) is 64.2 Å². The summed E-state index contributed by atoms with van der Waals surface area (Å²) in [6, 6.07) is 7.95. The summed E-state index contributed by atoms with van der Waals surface area (Å²) in [7, 11) is 3.86. The van der Waals surface area contributed by atoms with Crippen LogP contribution in [0, 0.1) is 0 Å². The molecule has 1 saturated heterocycles. The lowest BCUT2D eigenvalue weighted by atomic mass is 10.2. The van der Waals surface area contributed by atoms with Crippen molar-refractivity contribution in [3.05, 3.63) is 30.1 Å². The van der Waals surface area contributed by atoms with Crippen molar-refractivity contribution in [3.8, 4) is 0 Å². The van der Waals surface area contributed by atoms with Crippen molar-refractivity contribution >= 4 is 17.3 Å². The molecule has 0 unspecified atom stereocenters. The molecule has 0 atom stereocenters. The second-order valence-corrected chi connectivity index (χ2v) is 5.78. The first-order chi connectivity index (χ1) is 11.1. The van der Waals surface area contributed by atoms with Crippen molar-refractivity contribution in [1.82, 2.24) is 25.1 Å². The molecular weight excluding hydrogens is 294 g/mol. The van der Waals surface area contributed by atoms with Crippen molar-refractivity contribution in [2.24, 2.45) is 7.05 Å². The van der Waals surface area contributed by atoms with Gasteiger partial charge >= 0.3 is 0 Å². The molecule has 2 aromatic rings. The number of piperazine rings is 1. The highest BCUT2D eigenvalue weighted by atomic mass is 16.1. The number of likely N-dealkylation sites (N-methyl/N-ethyl adjacent to an activating group) is 1. The summed E-state index contributed by atoms with van der Waals surface area (Å²) in [4.78, 5) is 16.7. The molecule has 2 heterocycles. The van der Waals surface area contributed by atoms with Gasteiger partial charge in [-0.3, -0.25) is 4.79 Å². The van der Waals surface area contributed by atoms with Crippen LogP contribution in [0.5, 0.6) is 0 Å². The molecule has 8 nitrogen and oxygen atoms in total. The lowest BCUT2D eigenvalue weighted by molar-refractivity contribution is -0.115. The number of anilines is 2. The fraction of sp³-hybridized carbons (Fsp3) is 0.467. The molecule has 122 valence electrons. The Morgan fingerprint density at radius 3 is 2.43 bits per heavy atom. The largest absolute Gasteiger partial charge is 0.369 e. The van der Waals surface area contributed by atoms with Crippen LogP contribution in [0.1, 0.15) is 5.82 Å². The summed E-state index contributed by atoms with van der Waals surface area (Å²) in [6.45, 7) is 4.21. The highest BCUT2D eigenvalue weighted by molar-refractivity contribution is 5.92. The Morgan fingerprint density at radius 1 is 1.13 bits per heavy atom. The molecule has 8 heteroatoms. The Hall–Kier alpha value is -2.48. The molecule has 1 aromatic carbocycles. The minimum Gasteiger partial charge on any atom is -0.369 e. The molecule has 1 aliphatic heterocycles. The number of hydrogen-bond acceptors (Lipinski definition) is 6. The van der Waals surface area contributed by atoms with Gasteiger partial charge in [-0.05, 0) is 41.7 Å². The van der Waals surface area contributed by atoms with Crippen LogP contribution in [-0.2, 0) is 18.3 Å². The summed E-state index contributed by atoms with van der Waals surface area (Å²) in [6.07, 6.45) is 0.156. The van der Waals surface area contributed by atoms with E-state index in [0.29, 0.717) is 5.82 Å². The van der Waals surface area contributed by atoms with Crippen LogP contribution in [0.25, 0.3) is 0 Å². The van der Waals surface area contributed by atoms with Gasteiger partial charge < -0.3 is 15.1 Å². The van der Waals surface area contributed by atoms with E-state index in [4.69, 9.17) is 0 Å². The zero-order chi connectivity index (χ0) is 16.2. The summed E-state index contributed by atoms with van der Waals surface area (Å²) >= 11 is 0. The van der Waals surface area contributed by atoms with Gasteiger partial charge in [-0.2, -0.15) is 0 Å². The van der Waals surface area contributed by atoms with Gasteiger partial charge in [0.1, 0.15) is 0 Å². The Labute approximate surface area is 135 Å². The number of nitrogens with one attached hydrogen (secondary N) is 1. The maximum absolute atomic E-state index is 12.0. The monoisotopic (exact) mass is 315 g/mol. The summed E-state index contributed by atoms with van der Waals surface area (Å²) in [5.41, 5.74) is 1.97. The van der Waals surface area contributed by atoms with E-state index in [-0.39, 0.29) is 12.3 Å².